The van der Waals surface area contributed by atoms with Crippen molar-refractivity contribution in [2.75, 3.05) is 0 Å². The first kappa shape index (κ1) is 13.1. The molecule has 0 spiro atoms. The van der Waals surface area contributed by atoms with E-state index in [1.807, 2.05) is 25.1 Å². The van der Waals surface area contributed by atoms with E-state index >= 15 is 0 Å². The van der Waals surface area contributed by atoms with Crippen LogP contribution in [0.3, 0.4) is 0 Å². The second kappa shape index (κ2) is 5.13. The molecule has 2 nitrogen and oxygen atoms in total. The van der Waals surface area contributed by atoms with Gasteiger partial charge in [-0.15, -0.1) is 0 Å². The van der Waals surface area contributed by atoms with Crippen LogP contribution in [0.4, 0.5) is 0 Å². The number of unbranched alkanes of at least 4 members (excludes halogenated alkanes) is 2. The Balaban J connectivity index is 2.26. The third kappa shape index (κ3) is 2.05. The van der Waals surface area contributed by atoms with Crippen molar-refractivity contribution in [2.24, 2.45) is 5.92 Å². The van der Waals surface area contributed by atoms with Gasteiger partial charge in [-0.3, -0.25) is 4.79 Å². The molecule has 1 N–H and O–H groups in total. The van der Waals surface area contributed by atoms with Gasteiger partial charge in [-0.2, -0.15) is 0 Å². The second-order valence-electron chi connectivity index (χ2n) is 5.56. The molecule has 1 aliphatic rings. The highest BCUT2D eigenvalue weighted by Gasteiger charge is 2.48. The van der Waals surface area contributed by atoms with Crippen molar-refractivity contribution >= 4 is 5.97 Å². The Hall–Kier alpha value is -1.31. The van der Waals surface area contributed by atoms with E-state index in [2.05, 4.69) is 13.0 Å². The molecular weight excluding hydrogens is 224 g/mol. The highest BCUT2D eigenvalue weighted by Crippen LogP contribution is 2.45. The lowest BCUT2D eigenvalue weighted by Crippen LogP contribution is -2.37. The number of carbonyl (C=O) groups is 1. The van der Waals surface area contributed by atoms with Crippen LogP contribution in [-0.4, -0.2) is 11.1 Å². The Kier molecular flexibility index (Phi) is 3.74. The summed E-state index contributed by atoms with van der Waals surface area (Å²) >= 11 is 0. The summed E-state index contributed by atoms with van der Waals surface area (Å²) in [5.74, 6) is -0.423. The van der Waals surface area contributed by atoms with Gasteiger partial charge in [-0.25, -0.2) is 0 Å². The highest BCUT2D eigenvalue weighted by atomic mass is 16.4. The minimum Gasteiger partial charge on any atom is -0.481 e. The smallest absolute Gasteiger partial charge is 0.314 e. The summed E-state index contributed by atoms with van der Waals surface area (Å²) in [6.45, 7) is 4.08. The zero-order valence-electron chi connectivity index (χ0n) is 11.3. The van der Waals surface area contributed by atoms with Crippen molar-refractivity contribution in [1.82, 2.24) is 0 Å². The van der Waals surface area contributed by atoms with Crippen molar-refractivity contribution in [3.63, 3.8) is 0 Å². The monoisotopic (exact) mass is 246 g/mol. The lowest BCUT2D eigenvalue weighted by Gasteiger charge is -2.28. The molecule has 0 bridgehead atoms. The van der Waals surface area contributed by atoms with Crippen LogP contribution >= 0.6 is 0 Å². The van der Waals surface area contributed by atoms with Crippen LogP contribution in [0, 0.1) is 5.92 Å². The van der Waals surface area contributed by atoms with Gasteiger partial charge in [0.2, 0.25) is 0 Å². The van der Waals surface area contributed by atoms with Crippen LogP contribution in [0.15, 0.2) is 24.3 Å². The lowest BCUT2D eigenvalue weighted by atomic mass is 9.74. The predicted octanol–water partition coefficient (Wildman–Crippen LogP) is 3.78. The summed E-state index contributed by atoms with van der Waals surface area (Å²) in [6, 6.07) is 8.03. The summed E-state index contributed by atoms with van der Waals surface area (Å²) in [5, 5.41) is 9.65. The van der Waals surface area contributed by atoms with Gasteiger partial charge in [0.1, 0.15) is 0 Å². The fraction of sp³-hybridized carbons (Fsp3) is 0.562. The molecule has 0 saturated carbocycles. The van der Waals surface area contributed by atoms with Gasteiger partial charge in [-0.1, -0.05) is 50.5 Å². The van der Waals surface area contributed by atoms with E-state index in [0.717, 1.165) is 24.8 Å². The van der Waals surface area contributed by atoms with Crippen molar-refractivity contribution in [2.45, 2.75) is 51.4 Å². The molecule has 0 saturated heterocycles. The molecule has 2 heteroatoms. The molecule has 0 aliphatic heterocycles. The maximum absolute atomic E-state index is 11.7. The van der Waals surface area contributed by atoms with Crippen molar-refractivity contribution < 1.29 is 9.90 Å². The molecule has 0 aromatic heterocycles. The molecule has 0 heterocycles. The summed E-state index contributed by atoms with van der Waals surface area (Å²) < 4.78 is 0. The molecule has 1 aliphatic carbocycles. The number of rotatable bonds is 5. The Morgan fingerprint density at radius 3 is 2.78 bits per heavy atom. The first-order valence-corrected chi connectivity index (χ1v) is 6.92. The summed E-state index contributed by atoms with van der Waals surface area (Å²) in [6.07, 6.45) is 5.46. The van der Waals surface area contributed by atoms with Gasteiger partial charge in [0.25, 0.3) is 0 Å². The number of carboxylic acids is 1. The zero-order valence-corrected chi connectivity index (χ0v) is 11.3. The number of hydrogen-bond donors (Lipinski definition) is 1. The Morgan fingerprint density at radius 1 is 1.39 bits per heavy atom. The third-order valence-electron chi connectivity index (χ3n) is 4.46. The third-order valence-corrected chi connectivity index (χ3v) is 4.46. The van der Waals surface area contributed by atoms with E-state index in [9.17, 15) is 9.90 Å². The fourth-order valence-corrected chi connectivity index (χ4v) is 3.22. The zero-order chi connectivity index (χ0) is 13.2. The summed E-state index contributed by atoms with van der Waals surface area (Å²) in [4.78, 5) is 11.7. The molecule has 18 heavy (non-hydrogen) atoms. The van der Waals surface area contributed by atoms with Gasteiger partial charge >= 0.3 is 5.97 Å². The van der Waals surface area contributed by atoms with E-state index in [-0.39, 0.29) is 5.92 Å². The van der Waals surface area contributed by atoms with Crippen LogP contribution in [-0.2, 0) is 16.6 Å². The predicted molar refractivity (Wildman–Crippen MR) is 72.8 cm³/mol. The van der Waals surface area contributed by atoms with E-state index in [1.165, 1.54) is 18.4 Å². The molecule has 1 aromatic carbocycles. The van der Waals surface area contributed by atoms with Crippen LogP contribution in [0.25, 0.3) is 0 Å². The van der Waals surface area contributed by atoms with Crippen LogP contribution < -0.4 is 0 Å². The van der Waals surface area contributed by atoms with Gasteiger partial charge in [0.15, 0.2) is 0 Å². The molecular formula is C16H22O2. The molecule has 98 valence electrons. The van der Waals surface area contributed by atoms with Crippen LogP contribution in [0.2, 0.25) is 0 Å². The summed E-state index contributed by atoms with van der Waals surface area (Å²) in [5.41, 5.74) is 1.56. The fourth-order valence-electron chi connectivity index (χ4n) is 3.22. The average molecular weight is 246 g/mol. The molecule has 0 fully saturated rings. The van der Waals surface area contributed by atoms with E-state index in [0.29, 0.717) is 0 Å². The topological polar surface area (TPSA) is 37.3 Å². The normalized spacial score (nSPS) is 26.0. The molecule has 2 atom stereocenters. The highest BCUT2D eigenvalue weighted by molar-refractivity contribution is 5.83. The molecule has 1 aromatic rings. The number of fused-ring (bicyclic) bond motifs is 1. The largest absolute Gasteiger partial charge is 0.481 e. The summed E-state index contributed by atoms with van der Waals surface area (Å²) in [7, 11) is 0. The van der Waals surface area contributed by atoms with Crippen molar-refractivity contribution in [1.29, 1.82) is 0 Å². The number of benzene rings is 1. The van der Waals surface area contributed by atoms with Crippen LogP contribution in [0.5, 0.6) is 0 Å². The maximum atomic E-state index is 11.7. The van der Waals surface area contributed by atoms with Gasteiger partial charge in [-0.05, 0) is 36.8 Å². The second-order valence-corrected chi connectivity index (χ2v) is 5.56. The van der Waals surface area contributed by atoms with E-state index in [1.54, 1.807) is 0 Å². The molecule has 0 amide bonds. The number of carboxylic acid groups (broad SMARTS) is 1. The quantitative estimate of drug-likeness (QED) is 0.803. The SMILES string of the molecule is CCCCCC1Cc2ccccc2C1(C)C(=O)O. The number of aliphatic carboxylic acids is 1. The lowest BCUT2D eigenvalue weighted by molar-refractivity contribution is -0.145. The first-order valence-electron chi connectivity index (χ1n) is 6.92. The Labute approximate surface area is 109 Å². The molecule has 0 radical (unpaired) electrons. The van der Waals surface area contributed by atoms with Gasteiger partial charge < -0.3 is 5.11 Å². The van der Waals surface area contributed by atoms with Gasteiger partial charge in [0, 0.05) is 0 Å². The van der Waals surface area contributed by atoms with Crippen LogP contribution in [0.1, 0.15) is 50.7 Å². The van der Waals surface area contributed by atoms with Crippen molar-refractivity contribution in [3.05, 3.63) is 35.4 Å². The standard InChI is InChI=1S/C16H22O2/c1-3-4-5-9-13-11-12-8-6-7-10-14(12)16(13,2)15(17)18/h6-8,10,13H,3-5,9,11H2,1-2H3,(H,17,18). The van der Waals surface area contributed by atoms with Crippen molar-refractivity contribution in [3.8, 4) is 0 Å². The maximum Gasteiger partial charge on any atom is 0.314 e. The Morgan fingerprint density at radius 2 is 2.11 bits per heavy atom. The number of hydrogen-bond acceptors (Lipinski definition) is 1. The molecule has 2 unspecified atom stereocenters. The van der Waals surface area contributed by atoms with E-state index in [4.69, 9.17) is 0 Å². The Bertz CT molecular complexity index is 438. The van der Waals surface area contributed by atoms with Gasteiger partial charge in [0.05, 0.1) is 5.41 Å². The average Bonchev–Trinajstić information content (AvgIpc) is 2.65. The minimum absolute atomic E-state index is 0.249. The van der Waals surface area contributed by atoms with E-state index < -0.39 is 11.4 Å². The first-order chi connectivity index (χ1) is 8.60. The minimum atomic E-state index is -0.690. The molecule has 2 rings (SSSR count).